The van der Waals surface area contributed by atoms with Crippen LogP contribution in [-0.2, 0) is 22.4 Å². The zero-order valence-electron chi connectivity index (χ0n) is 18.9. The minimum absolute atomic E-state index is 0.00139. The van der Waals surface area contributed by atoms with Gasteiger partial charge in [0.25, 0.3) is 0 Å². The number of carbonyl (C=O) groups is 2. The van der Waals surface area contributed by atoms with Crippen LogP contribution in [0, 0.1) is 11.3 Å². The lowest BCUT2D eigenvalue weighted by molar-refractivity contribution is -0.144. The van der Waals surface area contributed by atoms with Crippen LogP contribution in [0.5, 0.6) is 0 Å². The molecule has 2 aromatic rings. The second-order valence-electron chi connectivity index (χ2n) is 8.96. The van der Waals surface area contributed by atoms with Crippen LogP contribution in [0.1, 0.15) is 62.3 Å². The van der Waals surface area contributed by atoms with Gasteiger partial charge in [0.2, 0.25) is 11.8 Å². The average molecular weight is 436 g/mol. The van der Waals surface area contributed by atoms with E-state index in [1.807, 2.05) is 23.1 Å². The molecule has 7 nitrogen and oxygen atoms in total. The molecule has 1 aromatic carbocycles. The molecule has 2 aliphatic heterocycles. The molecular formula is C25H33N5O2. The van der Waals surface area contributed by atoms with Crippen LogP contribution < -0.4 is 5.73 Å². The van der Waals surface area contributed by atoms with Gasteiger partial charge in [-0.2, -0.15) is 5.26 Å². The number of nitrogens with zero attached hydrogens (tertiary/aromatic N) is 3. The first kappa shape index (κ1) is 22.3. The van der Waals surface area contributed by atoms with Crippen molar-refractivity contribution in [1.82, 2.24) is 14.8 Å². The van der Waals surface area contributed by atoms with Crippen molar-refractivity contribution in [2.45, 2.75) is 70.4 Å². The smallest absolute Gasteiger partial charge is 0.245 e. The number of amides is 2. The minimum Gasteiger partial charge on any atom is -0.358 e. The Hall–Kier alpha value is -2.85. The molecule has 0 spiro atoms. The van der Waals surface area contributed by atoms with Crippen molar-refractivity contribution in [3.8, 4) is 6.07 Å². The lowest BCUT2D eigenvalue weighted by atomic mass is 10.0. The molecular weight excluding hydrogens is 402 g/mol. The van der Waals surface area contributed by atoms with Crippen molar-refractivity contribution in [3.05, 3.63) is 35.0 Å². The number of hydrogen-bond acceptors (Lipinski definition) is 4. The predicted molar refractivity (Wildman–Crippen MR) is 124 cm³/mol. The van der Waals surface area contributed by atoms with E-state index in [1.165, 1.54) is 16.6 Å². The lowest BCUT2D eigenvalue weighted by Crippen LogP contribution is -2.49. The number of aromatic amines is 1. The highest BCUT2D eigenvalue weighted by Gasteiger charge is 2.39. The number of H-pyrrole nitrogens is 1. The Bertz CT molecular complexity index is 1040. The molecule has 0 bridgehead atoms. The first-order valence-electron chi connectivity index (χ1n) is 11.9. The summed E-state index contributed by atoms with van der Waals surface area (Å²) in [5, 5.41) is 10.4. The largest absolute Gasteiger partial charge is 0.358 e. The Kier molecular flexibility index (Phi) is 6.80. The monoisotopic (exact) mass is 435 g/mol. The Morgan fingerprint density at radius 1 is 1.22 bits per heavy atom. The number of nitriles is 1. The first-order valence-corrected chi connectivity index (χ1v) is 11.9. The molecule has 7 heteroatoms. The maximum absolute atomic E-state index is 13.4. The van der Waals surface area contributed by atoms with Crippen LogP contribution in [0.15, 0.2) is 18.2 Å². The fourth-order valence-corrected chi connectivity index (χ4v) is 5.52. The number of likely N-dealkylation sites (tertiary alicyclic amines) is 2. The fourth-order valence-electron chi connectivity index (χ4n) is 5.52. The summed E-state index contributed by atoms with van der Waals surface area (Å²) in [4.78, 5) is 33.1. The number of rotatable bonds is 7. The van der Waals surface area contributed by atoms with E-state index >= 15 is 0 Å². The molecule has 0 radical (unpaired) electrons. The molecule has 0 aliphatic carbocycles. The van der Waals surface area contributed by atoms with E-state index in [4.69, 9.17) is 5.73 Å². The van der Waals surface area contributed by atoms with E-state index in [1.54, 1.807) is 4.90 Å². The van der Waals surface area contributed by atoms with Crippen molar-refractivity contribution >= 4 is 22.7 Å². The molecule has 4 rings (SSSR count). The molecule has 1 aromatic heterocycles. The van der Waals surface area contributed by atoms with E-state index in [2.05, 4.69) is 18.0 Å². The van der Waals surface area contributed by atoms with E-state index in [0.29, 0.717) is 25.1 Å². The summed E-state index contributed by atoms with van der Waals surface area (Å²) in [6.45, 7) is 3.91. The molecule has 2 saturated heterocycles. The van der Waals surface area contributed by atoms with Crippen molar-refractivity contribution < 1.29 is 9.59 Å². The summed E-state index contributed by atoms with van der Waals surface area (Å²) in [5.74, 6) is 0.114. The molecule has 0 unspecified atom stereocenters. The van der Waals surface area contributed by atoms with Gasteiger partial charge in [-0.05, 0) is 62.6 Å². The van der Waals surface area contributed by atoms with E-state index in [0.717, 1.165) is 57.0 Å². The van der Waals surface area contributed by atoms with Crippen molar-refractivity contribution in [2.75, 3.05) is 19.6 Å². The van der Waals surface area contributed by atoms with Crippen LogP contribution >= 0.6 is 0 Å². The third kappa shape index (κ3) is 4.24. The molecule has 2 aliphatic rings. The topological polar surface area (TPSA) is 106 Å². The van der Waals surface area contributed by atoms with Crippen LogP contribution in [0.3, 0.4) is 0 Å². The number of fused-ring (bicyclic) bond motifs is 1. The highest BCUT2D eigenvalue weighted by Crippen LogP contribution is 2.30. The highest BCUT2D eigenvalue weighted by molar-refractivity contribution is 5.89. The number of aromatic nitrogens is 1. The van der Waals surface area contributed by atoms with Gasteiger partial charge in [0.15, 0.2) is 0 Å². The van der Waals surface area contributed by atoms with Crippen LogP contribution in [0.4, 0.5) is 0 Å². The number of nitrogens with two attached hydrogens (primary N) is 1. The molecule has 2 atom stereocenters. The lowest BCUT2D eigenvalue weighted by Gasteiger charge is -2.31. The van der Waals surface area contributed by atoms with Gasteiger partial charge < -0.3 is 20.5 Å². The maximum Gasteiger partial charge on any atom is 0.245 e. The van der Waals surface area contributed by atoms with Crippen LogP contribution in [0.2, 0.25) is 0 Å². The van der Waals surface area contributed by atoms with Gasteiger partial charge in [0.05, 0.1) is 11.6 Å². The van der Waals surface area contributed by atoms with Gasteiger partial charge in [-0.25, -0.2) is 0 Å². The first-order chi connectivity index (χ1) is 15.6. The van der Waals surface area contributed by atoms with Crippen molar-refractivity contribution in [2.24, 2.45) is 5.73 Å². The Balaban J connectivity index is 1.46. The number of nitrogens with one attached hydrogen (secondary N) is 1. The fraction of sp³-hybridized carbons (Fsp3) is 0.560. The predicted octanol–water partition coefficient (Wildman–Crippen LogP) is 2.87. The van der Waals surface area contributed by atoms with Gasteiger partial charge in [-0.3, -0.25) is 9.59 Å². The average Bonchev–Trinajstić information content (AvgIpc) is 3.54. The van der Waals surface area contributed by atoms with Gasteiger partial charge in [-0.1, -0.05) is 13.0 Å². The molecule has 170 valence electrons. The Labute approximate surface area is 189 Å². The molecule has 3 heterocycles. The van der Waals surface area contributed by atoms with Gasteiger partial charge in [0, 0.05) is 48.7 Å². The molecule has 0 saturated carbocycles. The summed E-state index contributed by atoms with van der Waals surface area (Å²) in [7, 11) is 0. The third-order valence-electron chi connectivity index (χ3n) is 7.08. The maximum atomic E-state index is 13.4. The molecule has 2 amide bonds. The summed E-state index contributed by atoms with van der Waals surface area (Å²) < 4.78 is 0. The van der Waals surface area contributed by atoms with Crippen LogP contribution in [-0.4, -0.2) is 58.3 Å². The van der Waals surface area contributed by atoms with Crippen molar-refractivity contribution in [3.63, 3.8) is 0 Å². The Morgan fingerprint density at radius 3 is 2.75 bits per heavy atom. The zero-order chi connectivity index (χ0) is 22.7. The SMILES string of the molecule is CCc1c(CC[C@@H]2CCCN2C(=O)[C@H]2CCCN2C(=O)CCN)[nH]c2cc(C#N)ccc12. The number of carbonyl (C=O) groups excluding carboxylic acids is 2. The standard InChI is InChI=1S/C25H33N5O2/c1-2-19-20-9-7-17(16-27)15-22(20)28-21(19)10-8-18-5-3-13-29(18)25(32)23-6-4-14-30(23)24(31)11-12-26/h7,9,15,18,23,28H,2-6,8,10-14,26H2,1H3/t18-,23+/m0/s1. The minimum atomic E-state index is -0.321. The normalized spacial score (nSPS) is 20.8. The number of benzene rings is 1. The quantitative estimate of drug-likeness (QED) is 0.697. The van der Waals surface area contributed by atoms with Gasteiger partial charge in [-0.15, -0.1) is 0 Å². The summed E-state index contributed by atoms with van der Waals surface area (Å²) >= 11 is 0. The van der Waals surface area contributed by atoms with E-state index in [-0.39, 0.29) is 23.9 Å². The molecule has 2 fully saturated rings. The van der Waals surface area contributed by atoms with Crippen molar-refractivity contribution in [1.29, 1.82) is 5.26 Å². The van der Waals surface area contributed by atoms with Gasteiger partial charge >= 0.3 is 0 Å². The Morgan fingerprint density at radius 2 is 2.00 bits per heavy atom. The molecule has 3 N–H and O–H groups in total. The summed E-state index contributed by atoms with van der Waals surface area (Å²) in [6.07, 6.45) is 6.66. The summed E-state index contributed by atoms with van der Waals surface area (Å²) in [5.41, 5.74) is 9.74. The third-order valence-corrected chi connectivity index (χ3v) is 7.08. The number of aryl methyl sites for hydroxylation is 2. The summed E-state index contributed by atoms with van der Waals surface area (Å²) in [6, 6.07) is 7.91. The number of hydrogen-bond donors (Lipinski definition) is 2. The van der Waals surface area contributed by atoms with Crippen LogP contribution in [0.25, 0.3) is 10.9 Å². The van der Waals surface area contributed by atoms with E-state index < -0.39 is 0 Å². The highest BCUT2D eigenvalue weighted by atomic mass is 16.2. The zero-order valence-corrected chi connectivity index (χ0v) is 18.9. The second-order valence-corrected chi connectivity index (χ2v) is 8.96. The van der Waals surface area contributed by atoms with Gasteiger partial charge in [0.1, 0.15) is 6.04 Å². The second kappa shape index (κ2) is 9.74. The molecule has 32 heavy (non-hydrogen) atoms. The van der Waals surface area contributed by atoms with E-state index in [9.17, 15) is 14.9 Å².